The van der Waals surface area contributed by atoms with Crippen molar-refractivity contribution in [1.29, 1.82) is 0 Å². The molecule has 5 nitrogen and oxygen atoms in total. The Morgan fingerprint density at radius 1 is 1.09 bits per heavy atom. The molecular weight excluding hydrogens is 285 g/mol. The molecule has 2 rings (SSSR count). The first kappa shape index (κ1) is 15.6. The lowest BCUT2D eigenvalue weighted by molar-refractivity contribution is 0.0927. The third kappa shape index (κ3) is 4.12. The minimum Gasteiger partial charge on any atom is -0.350 e. The maximum Gasteiger partial charge on any atom is 0.252 e. The Bertz CT molecular complexity index is 674. The molecule has 2 aromatic rings. The average molecular weight is 301 g/mol. The van der Waals surface area contributed by atoms with E-state index in [-0.39, 0.29) is 30.5 Å². The molecule has 0 fully saturated rings. The predicted molar refractivity (Wildman–Crippen MR) is 80.0 cm³/mol. The molecule has 0 aliphatic heterocycles. The van der Waals surface area contributed by atoms with Crippen molar-refractivity contribution in [3.8, 4) is 0 Å². The number of carbonyl (C=O) groups excluding carboxylic acids is 2. The molecule has 1 aromatic heterocycles. The van der Waals surface area contributed by atoms with Gasteiger partial charge in [-0.2, -0.15) is 0 Å². The summed E-state index contributed by atoms with van der Waals surface area (Å²) in [5, 5.41) is 5.28. The topological polar surface area (TPSA) is 71.1 Å². The fourth-order valence-electron chi connectivity index (χ4n) is 1.79. The zero-order valence-electron chi connectivity index (χ0n) is 12.1. The summed E-state index contributed by atoms with van der Waals surface area (Å²) in [4.78, 5) is 27.4. The van der Waals surface area contributed by atoms with Gasteiger partial charge >= 0.3 is 0 Å². The van der Waals surface area contributed by atoms with Gasteiger partial charge in [-0.15, -0.1) is 0 Å². The molecule has 0 atom stereocenters. The molecule has 0 saturated heterocycles. The molecule has 0 aliphatic carbocycles. The van der Waals surface area contributed by atoms with Crippen LogP contribution >= 0.6 is 0 Å². The first-order chi connectivity index (χ1) is 10.6. The molecule has 6 heteroatoms. The zero-order chi connectivity index (χ0) is 15.9. The number of aryl methyl sites for hydroxylation is 1. The fraction of sp³-hybridized carbons (Fsp3) is 0.188. The van der Waals surface area contributed by atoms with Gasteiger partial charge in [0, 0.05) is 31.0 Å². The molecule has 0 aliphatic rings. The van der Waals surface area contributed by atoms with Crippen molar-refractivity contribution in [2.24, 2.45) is 0 Å². The van der Waals surface area contributed by atoms with E-state index >= 15 is 0 Å². The summed E-state index contributed by atoms with van der Waals surface area (Å²) in [5.74, 6) is -1.06. The summed E-state index contributed by atoms with van der Waals surface area (Å²) < 4.78 is 13.4. The largest absolute Gasteiger partial charge is 0.350 e. The highest BCUT2D eigenvalue weighted by molar-refractivity contribution is 5.95. The SMILES string of the molecule is Cc1ccc(C(=O)NCCNC(=O)c2cccnc2)cc1F. The summed E-state index contributed by atoms with van der Waals surface area (Å²) in [6, 6.07) is 7.62. The Morgan fingerprint density at radius 2 is 1.77 bits per heavy atom. The van der Waals surface area contributed by atoms with E-state index in [2.05, 4.69) is 15.6 Å². The summed E-state index contributed by atoms with van der Waals surface area (Å²) in [6.45, 7) is 2.15. The summed E-state index contributed by atoms with van der Waals surface area (Å²) in [6.07, 6.45) is 3.04. The molecule has 22 heavy (non-hydrogen) atoms. The lowest BCUT2D eigenvalue weighted by Crippen LogP contribution is -2.34. The molecule has 0 bridgehead atoms. The number of halogens is 1. The minimum atomic E-state index is -0.419. The van der Waals surface area contributed by atoms with Crippen LogP contribution < -0.4 is 10.6 Å². The van der Waals surface area contributed by atoms with Crippen LogP contribution in [0, 0.1) is 12.7 Å². The smallest absolute Gasteiger partial charge is 0.252 e. The van der Waals surface area contributed by atoms with Crippen molar-refractivity contribution < 1.29 is 14.0 Å². The Labute approximate surface area is 127 Å². The van der Waals surface area contributed by atoms with Crippen LogP contribution in [-0.2, 0) is 0 Å². The van der Waals surface area contributed by atoms with Gasteiger partial charge in [-0.05, 0) is 36.8 Å². The van der Waals surface area contributed by atoms with Gasteiger partial charge in [-0.25, -0.2) is 4.39 Å². The summed E-state index contributed by atoms with van der Waals surface area (Å²) >= 11 is 0. The van der Waals surface area contributed by atoms with Crippen LogP contribution in [0.25, 0.3) is 0 Å². The van der Waals surface area contributed by atoms with Crippen LogP contribution in [0.4, 0.5) is 4.39 Å². The molecule has 2 N–H and O–H groups in total. The number of benzene rings is 1. The van der Waals surface area contributed by atoms with Crippen molar-refractivity contribution in [2.75, 3.05) is 13.1 Å². The number of nitrogens with one attached hydrogen (secondary N) is 2. The second kappa shape index (κ2) is 7.31. The molecule has 0 saturated carbocycles. The number of aromatic nitrogens is 1. The molecule has 0 unspecified atom stereocenters. The second-order valence-electron chi connectivity index (χ2n) is 4.72. The third-order valence-electron chi connectivity index (χ3n) is 3.05. The van der Waals surface area contributed by atoms with E-state index in [1.165, 1.54) is 12.3 Å². The molecule has 1 aromatic carbocycles. The van der Waals surface area contributed by atoms with E-state index < -0.39 is 5.82 Å². The van der Waals surface area contributed by atoms with E-state index in [1.807, 2.05) is 0 Å². The lowest BCUT2D eigenvalue weighted by Gasteiger charge is -2.07. The number of carbonyl (C=O) groups is 2. The van der Waals surface area contributed by atoms with Crippen LogP contribution in [0.3, 0.4) is 0 Å². The van der Waals surface area contributed by atoms with Crippen LogP contribution in [0.1, 0.15) is 26.3 Å². The number of nitrogens with zero attached hydrogens (tertiary/aromatic N) is 1. The standard InChI is InChI=1S/C16H16FN3O2/c1-11-4-5-12(9-14(11)17)15(21)19-7-8-20-16(22)13-3-2-6-18-10-13/h2-6,9-10H,7-8H2,1H3,(H,19,21)(H,20,22). The summed E-state index contributed by atoms with van der Waals surface area (Å²) in [7, 11) is 0. The highest BCUT2D eigenvalue weighted by Crippen LogP contribution is 2.08. The average Bonchev–Trinajstić information content (AvgIpc) is 2.54. The van der Waals surface area contributed by atoms with E-state index in [4.69, 9.17) is 0 Å². The maximum atomic E-state index is 13.4. The van der Waals surface area contributed by atoms with Gasteiger partial charge in [0.25, 0.3) is 11.8 Å². The normalized spacial score (nSPS) is 10.1. The Balaban J connectivity index is 1.78. The third-order valence-corrected chi connectivity index (χ3v) is 3.05. The maximum absolute atomic E-state index is 13.4. The van der Waals surface area contributed by atoms with Gasteiger partial charge < -0.3 is 10.6 Å². The van der Waals surface area contributed by atoms with Crippen molar-refractivity contribution in [3.05, 3.63) is 65.2 Å². The van der Waals surface area contributed by atoms with E-state index in [0.717, 1.165) is 0 Å². The van der Waals surface area contributed by atoms with Gasteiger partial charge in [0.15, 0.2) is 0 Å². The van der Waals surface area contributed by atoms with Gasteiger partial charge in [-0.1, -0.05) is 6.07 Å². The van der Waals surface area contributed by atoms with Gasteiger partial charge in [0.05, 0.1) is 5.56 Å². The molecule has 2 amide bonds. The molecule has 0 radical (unpaired) electrons. The minimum absolute atomic E-state index is 0.250. The Morgan fingerprint density at radius 3 is 2.36 bits per heavy atom. The predicted octanol–water partition coefficient (Wildman–Crippen LogP) is 1.69. The van der Waals surface area contributed by atoms with Crippen LogP contribution in [0.5, 0.6) is 0 Å². The highest BCUT2D eigenvalue weighted by Gasteiger charge is 2.08. The van der Waals surface area contributed by atoms with Crippen LogP contribution in [-0.4, -0.2) is 29.9 Å². The van der Waals surface area contributed by atoms with Gasteiger partial charge in [-0.3, -0.25) is 14.6 Å². The van der Waals surface area contributed by atoms with Crippen LogP contribution in [0.2, 0.25) is 0 Å². The zero-order valence-corrected chi connectivity index (χ0v) is 12.1. The monoisotopic (exact) mass is 301 g/mol. The highest BCUT2D eigenvalue weighted by atomic mass is 19.1. The van der Waals surface area contributed by atoms with Gasteiger partial charge in [0.1, 0.15) is 5.82 Å². The molecule has 0 spiro atoms. The molecule has 1 heterocycles. The Hall–Kier alpha value is -2.76. The second-order valence-corrected chi connectivity index (χ2v) is 4.72. The van der Waals surface area contributed by atoms with Crippen LogP contribution in [0.15, 0.2) is 42.7 Å². The lowest BCUT2D eigenvalue weighted by atomic mass is 10.1. The first-order valence-corrected chi connectivity index (χ1v) is 6.80. The number of amides is 2. The number of hydrogen-bond donors (Lipinski definition) is 2. The number of pyridine rings is 1. The summed E-state index contributed by atoms with van der Waals surface area (Å²) in [5.41, 5.74) is 1.19. The van der Waals surface area contributed by atoms with Crippen molar-refractivity contribution in [2.45, 2.75) is 6.92 Å². The van der Waals surface area contributed by atoms with Crippen molar-refractivity contribution in [3.63, 3.8) is 0 Å². The van der Waals surface area contributed by atoms with Gasteiger partial charge in [0.2, 0.25) is 0 Å². The van der Waals surface area contributed by atoms with E-state index in [9.17, 15) is 14.0 Å². The van der Waals surface area contributed by atoms with Crippen molar-refractivity contribution in [1.82, 2.24) is 15.6 Å². The molecular formula is C16H16FN3O2. The Kier molecular flexibility index (Phi) is 5.19. The number of hydrogen-bond acceptors (Lipinski definition) is 3. The van der Waals surface area contributed by atoms with Crippen molar-refractivity contribution >= 4 is 11.8 Å². The first-order valence-electron chi connectivity index (χ1n) is 6.80. The van der Waals surface area contributed by atoms with E-state index in [1.54, 1.807) is 37.4 Å². The quantitative estimate of drug-likeness (QED) is 0.826. The van der Waals surface area contributed by atoms with E-state index in [0.29, 0.717) is 11.1 Å². The fourth-order valence-corrected chi connectivity index (χ4v) is 1.79. The molecule has 114 valence electrons. The number of rotatable bonds is 5.